The van der Waals surface area contributed by atoms with Crippen molar-refractivity contribution in [3.05, 3.63) is 17.8 Å². The number of nitrogens with zero attached hydrogens (tertiary/aromatic N) is 3. The number of aryl methyl sites for hydroxylation is 1. The van der Waals surface area contributed by atoms with E-state index in [1.807, 2.05) is 13.0 Å². The van der Waals surface area contributed by atoms with Gasteiger partial charge in [0.25, 0.3) is 0 Å². The monoisotopic (exact) mass is 122 g/mol. The maximum Gasteiger partial charge on any atom is 0.172 e. The van der Waals surface area contributed by atoms with Crippen LogP contribution < -0.4 is 5.32 Å². The van der Waals surface area contributed by atoms with E-state index in [1.54, 1.807) is 13.2 Å². The highest BCUT2D eigenvalue weighted by atomic mass is 15.2. The van der Waals surface area contributed by atoms with Gasteiger partial charge in [0.2, 0.25) is 0 Å². The van der Waals surface area contributed by atoms with Crippen LogP contribution in [0.2, 0.25) is 0 Å². The van der Waals surface area contributed by atoms with Crippen molar-refractivity contribution in [2.75, 3.05) is 7.05 Å². The van der Waals surface area contributed by atoms with E-state index in [0.29, 0.717) is 0 Å². The fourth-order valence-electron chi connectivity index (χ4n) is 0.608. The number of hydrogen-bond acceptors (Lipinski definition) is 2. The third kappa shape index (κ3) is 1.16. The molecule has 1 heterocycles. The van der Waals surface area contributed by atoms with Crippen molar-refractivity contribution in [3.63, 3.8) is 0 Å². The molecule has 0 bridgehead atoms. The maximum atomic E-state index is 3.90. The molecule has 0 spiro atoms. The third-order valence-corrected chi connectivity index (χ3v) is 1.11. The lowest BCUT2D eigenvalue weighted by Gasteiger charge is -1.95. The van der Waals surface area contributed by atoms with Gasteiger partial charge in [-0.3, -0.25) is 5.32 Å². The lowest BCUT2D eigenvalue weighted by Crippen LogP contribution is -1.94. The normalized spacial score (nSPS) is 9.11. The van der Waals surface area contributed by atoms with Gasteiger partial charge in [-0.1, -0.05) is 0 Å². The summed E-state index contributed by atoms with van der Waals surface area (Å²) in [6, 6.07) is 1.88. The van der Waals surface area contributed by atoms with E-state index in [2.05, 4.69) is 15.5 Å². The molecule has 3 nitrogen and oxygen atoms in total. The molecule has 1 aromatic rings. The highest BCUT2D eigenvalue weighted by Crippen LogP contribution is 2.05. The number of rotatable bonds is 1. The van der Waals surface area contributed by atoms with Gasteiger partial charge >= 0.3 is 0 Å². The average molecular weight is 122 g/mol. The van der Waals surface area contributed by atoms with Crippen LogP contribution in [-0.2, 0) is 0 Å². The summed E-state index contributed by atoms with van der Waals surface area (Å²) in [7, 11) is 1.71. The van der Waals surface area contributed by atoms with Crippen LogP contribution in [0.15, 0.2) is 12.3 Å². The Balaban J connectivity index is 3.01. The first-order chi connectivity index (χ1) is 4.34. The summed E-state index contributed by atoms with van der Waals surface area (Å²) in [5, 5.41) is 11.3. The Hall–Kier alpha value is -1.12. The highest BCUT2D eigenvalue weighted by molar-refractivity contribution is 5.32. The van der Waals surface area contributed by atoms with Crippen molar-refractivity contribution in [2.45, 2.75) is 6.92 Å². The van der Waals surface area contributed by atoms with Crippen LogP contribution in [0.25, 0.3) is 0 Å². The number of aromatic nitrogens is 2. The molecule has 0 saturated carbocycles. The Bertz CT molecular complexity index is 197. The van der Waals surface area contributed by atoms with E-state index in [4.69, 9.17) is 0 Å². The van der Waals surface area contributed by atoms with Gasteiger partial charge in [-0.15, -0.1) is 5.10 Å². The molecule has 0 unspecified atom stereocenters. The van der Waals surface area contributed by atoms with Crippen molar-refractivity contribution in [2.24, 2.45) is 0 Å². The van der Waals surface area contributed by atoms with E-state index in [9.17, 15) is 0 Å². The number of hydrogen-bond donors (Lipinski definition) is 0. The van der Waals surface area contributed by atoms with Crippen LogP contribution in [0.5, 0.6) is 0 Å². The van der Waals surface area contributed by atoms with Crippen molar-refractivity contribution >= 4 is 5.82 Å². The van der Waals surface area contributed by atoms with Crippen molar-refractivity contribution in [1.82, 2.24) is 15.5 Å². The minimum absolute atomic E-state index is 0.720. The SMILES string of the molecule is C[N]c1nnccc1C. The Kier molecular flexibility index (Phi) is 1.63. The van der Waals surface area contributed by atoms with Crippen molar-refractivity contribution in [1.29, 1.82) is 0 Å². The Morgan fingerprint density at radius 1 is 1.56 bits per heavy atom. The quantitative estimate of drug-likeness (QED) is 0.548. The first-order valence-electron chi connectivity index (χ1n) is 2.72. The first-order valence-corrected chi connectivity index (χ1v) is 2.72. The molecular formula is C6H8N3. The molecule has 47 valence electrons. The van der Waals surface area contributed by atoms with Gasteiger partial charge < -0.3 is 0 Å². The smallest absolute Gasteiger partial charge is 0.172 e. The van der Waals surface area contributed by atoms with Gasteiger partial charge in [-0.25, -0.2) is 0 Å². The van der Waals surface area contributed by atoms with E-state index in [1.165, 1.54) is 0 Å². The van der Waals surface area contributed by atoms with Gasteiger partial charge in [0.05, 0.1) is 6.20 Å². The zero-order valence-electron chi connectivity index (χ0n) is 5.50. The molecule has 0 aliphatic rings. The molecule has 0 aliphatic heterocycles. The predicted molar refractivity (Wildman–Crippen MR) is 34.5 cm³/mol. The maximum absolute atomic E-state index is 3.90. The second-order valence-corrected chi connectivity index (χ2v) is 1.76. The van der Waals surface area contributed by atoms with Crippen LogP contribution in [0.1, 0.15) is 5.56 Å². The molecule has 0 aromatic carbocycles. The summed E-state index contributed by atoms with van der Waals surface area (Å²) in [5.74, 6) is 0.720. The first kappa shape index (κ1) is 6.01. The van der Waals surface area contributed by atoms with Crippen LogP contribution in [0, 0.1) is 6.92 Å². The van der Waals surface area contributed by atoms with E-state index < -0.39 is 0 Å². The second-order valence-electron chi connectivity index (χ2n) is 1.76. The molecule has 0 aliphatic carbocycles. The second kappa shape index (κ2) is 2.44. The Morgan fingerprint density at radius 2 is 2.33 bits per heavy atom. The molecule has 1 aromatic heterocycles. The minimum Gasteiger partial charge on any atom is -0.268 e. The van der Waals surface area contributed by atoms with Crippen LogP contribution in [0.4, 0.5) is 5.82 Å². The lowest BCUT2D eigenvalue weighted by molar-refractivity contribution is 0.920. The van der Waals surface area contributed by atoms with E-state index >= 15 is 0 Å². The summed E-state index contributed by atoms with van der Waals surface area (Å²) in [5.41, 5.74) is 1.06. The third-order valence-electron chi connectivity index (χ3n) is 1.11. The molecule has 3 heteroatoms. The van der Waals surface area contributed by atoms with Crippen LogP contribution >= 0.6 is 0 Å². The van der Waals surface area contributed by atoms with Gasteiger partial charge in [-0.2, -0.15) is 5.10 Å². The molecule has 0 fully saturated rings. The fraction of sp³-hybridized carbons (Fsp3) is 0.333. The molecule has 0 saturated heterocycles. The van der Waals surface area contributed by atoms with Crippen LogP contribution in [-0.4, -0.2) is 17.2 Å². The summed E-state index contributed by atoms with van der Waals surface area (Å²) in [4.78, 5) is 0. The largest absolute Gasteiger partial charge is 0.268 e. The molecule has 0 N–H and O–H groups in total. The summed E-state index contributed by atoms with van der Waals surface area (Å²) in [6.07, 6.45) is 1.66. The summed E-state index contributed by atoms with van der Waals surface area (Å²) >= 11 is 0. The average Bonchev–Trinajstić information content (AvgIpc) is 1.89. The summed E-state index contributed by atoms with van der Waals surface area (Å²) < 4.78 is 0. The molecule has 0 amide bonds. The Labute approximate surface area is 54.1 Å². The summed E-state index contributed by atoms with van der Waals surface area (Å²) in [6.45, 7) is 1.96. The minimum atomic E-state index is 0.720. The van der Waals surface area contributed by atoms with Crippen molar-refractivity contribution < 1.29 is 0 Å². The van der Waals surface area contributed by atoms with Gasteiger partial charge in [0.1, 0.15) is 0 Å². The van der Waals surface area contributed by atoms with Gasteiger partial charge in [-0.05, 0) is 18.6 Å². The molecule has 1 radical (unpaired) electrons. The fourth-order valence-corrected chi connectivity index (χ4v) is 0.608. The zero-order chi connectivity index (χ0) is 6.69. The molecule has 0 atom stereocenters. The molecule has 9 heavy (non-hydrogen) atoms. The standard InChI is InChI=1S/C6H8N3/c1-5-3-4-8-9-6(5)7-2/h3-4H,1-2H3. The highest BCUT2D eigenvalue weighted by Gasteiger charge is 1.93. The van der Waals surface area contributed by atoms with Crippen LogP contribution in [0.3, 0.4) is 0 Å². The van der Waals surface area contributed by atoms with E-state index in [-0.39, 0.29) is 0 Å². The zero-order valence-corrected chi connectivity index (χ0v) is 5.50. The predicted octanol–water partition coefficient (Wildman–Crippen LogP) is 0.651. The Morgan fingerprint density at radius 3 is 2.78 bits per heavy atom. The van der Waals surface area contributed by atoms with Gasteiger partial charge in [0, 0.05) is 7.05 Å². The molecular weight excluding hydrogens is 114 g/mol. The van der Waals surface area contributed by atoms with E-state index in [0.717, 1.165) is 11.4 Å². The lowest BCUT2D eigenvalue weighted by atomic mass is 10.3. The van der Waals surface area contributed by atoms with Gasteiger partial charge in [0.15, 0.2) is 5.82 Å². The molecule has 1 rings (SSSR count). The van der Waals surface area contributed by atoms with Crippen molar-refractivity contribution in [3.8, 4) is 0 Å². The topological polar surface area (TPSA) is 39.9 Å².